The van der Waals surface area contributed by atoms with Gasteiger partial charge >= 0.3 is 0 Å². The molecule has 0 aromatic heterocycles. The van der Waals surface area contributed by atoms with E-state index in [4.69, 9.17) is 9.47 Å². The molecule has 0 bridgehead atoms. The average molecular weight is 351 g/mol. The lowest BCUT2D eigenvalue weighted by atomic mass is 9.99. The average Bonchev–Trinajstić information content (AvgIpc) is 2.52. The molecule has 1 fully saturated rings. The van der Waals surface area contributed by atoms with Gasteiger partial charge in [0.15, 0.2) is 0 Å². The van der Waals surface area contributed by atoms with Gasteiger partial charge in [0.25, 0.3) is 0 Å². The van der Waals surface area contributed by atoms with Gasteiger partial charge in [0.1, 0.15) is 11.5 Å². The Hall–Kier alpha value is -0.680. The smallest absolute Gasteiger partial charge is 0.122 e. The zero-order valence-corrected chi connectivity index (χ0v) is 15.3. The maximum atomic E-state index is 5.40. The van der Waals surface area contributed by atoms with E-state index in [1.165, 1.54) is 12.0 Å². The van der Waals surface area contributed by atoms with Crippen LogP contribution >= 0.6 is 24.8 Å². The lowest BCUT2D eigenvalue weighted by Gasteiger charge is -2.35. The molecule has 1 aromatic rings. The molecule has 1 aliphatic rings. The van der Waals surface area contributed by atoms with E-state index in [2.05, 4.69) is 29.3 Å². The Labute approximate surface area is 146 Å². The highest BCUT2D eigenvalue weighted by atomic mass is 35.5. The highest BCUT2D eigenvalue weighted by molar-refractivity contribution is 5.85. The molecule has 0 unspecified atom stereocenters. The molecule has 1 atom stereocenters. The summed E-state index contributed by atoms with van der Waals surface area (Å²) in [7, 11) is 3.41. The first kappa shape index (κ1) is 21.3. The van der Waals surface area contributed by atoms with Crippen LogP contribution in [0, 0.1) is 0 Å². The number of hydrogen-bond acceptors (Lipinski definition) is 4. The molecule has 1 aromatic carbocycles. The van der Waals surface area contributed by atoms with Crippen LogP contribution < -0.4 is 14.8 Å². The summed E-state index contributed by atoms with van der Waals surface area (Å²) in [5.74, 6) is 1.74. The van der Waals surface area contributed by atoms with Crippen molar-refractivity contribution in [1.82, 2.24) is 10.2 Å². The van der Waals surface area contributed by atoms with Crippen molar-refractivity contribution in [1.29, 1.82) is 0 Å². The second-order valence-corrected chi connectivity index (χ2v) is 5.24. The van der Waals surface area contributed by atoms with Crippen molar-refractivity contribution in [2.75, 3.05) is 40.4 Å². The number of rotatable bonds is 6. The highest BCUT2D eigenvalue weighted by Crippen LogP contribution is 2.32. The Bertz CT molecular complexity index is 404. The summed E-state index contributed by atoms with van der Waals surface area (Å²) >= 11 is 0. The summed E-state index contributed by atoms with van der Waals surface area (Å²) < 4.78 is 10.8. The summed E-state index contributed by atoms with van der Waals surface area (Å²) in [5.41, 5.74) is 1.30. The van der Waals surface area contributed by atoms with Crippen molar-refractivity contribution >= 4 is 24.8 Å². The number of methoxy groups -OCH3 is 2. The van der Waals surface area contributed by atoms with Crippen molar-refractivity contribution < 1.29 is 9.47 Å². The van der Waals surface area contributed by atoms with Crippen LogP contribution in [0.4, 0.5) is 0 Å². The molecule has 0 radical (unpaired) electrons. The number of nitrogens with one attached hydrogen (secondary N) is 1. The number of benzene rings is 1. The maximum Gasteiger partial charge on any atom is 0.122 e. The quantitative estimate of drug-likeness (QED) is 0.853. The first-order chi connectivity index (χ1) is 9.78. The van der Waals surface area contributed by atoms with E-state index < -0.39 is 0 Å². The maximum absolute atomic E-state index is 5.40. The summed E-state index contributed by atoms with van der Waals surface area (Å²) in [6.07, 6.45) is 2.34. The molecular weight excluding hydrogens is 323 g/mol. The molecule has 1 aliphatic heterocycles. The Kier molecular flexibility index (Phi) is 10.6. The van der Waals surface area contributed by atoms with Gasteiger partial charge in [0.05, 0.1) is 14.2 Å². The third-order valence-corrected chi connectivity index (χ3v) is 3.91. The Balaban J connectivity index is 0.00000220. The standard InChI is InChI=1S/C16H26N2O2.2ClH/c1-4-5-16(18-8-6-17-7-9-18)13-10-14(19-2)12-15(11-13)20-3;;/h10-12,16-17H,4-9H2,1-3H3;2*1H/t16-;;/m0../s1. The monoisotopic (exact) mass is 350 g/mol. The van der Waals surface area contributed by atoms with Crippen molar-refractivity contribution in [3.05, 3.63) is 23.8 Å². The van der Waals surface area contributed by atoms with Crippen LogP contribution in [0.1, 0.15) is 31.4 Å². The van der Waals surface area contributed by atoms with E-state index >= 15 is 0 Å². The second-order valence-electron chi connectivity index (χ2n) is 5.24. The molecule has 6 heteroatoms. The molecule has 0 amide bonds. The minimum atomic E-state index is 0. The fourth-order valence-electron chi connectivity index (χ4n) is 2.85. The molecule has 0 spiro atoms. The summed E-state index contributed by atoms with van der Waals surface area (Å²) in [6, 6.07) is 6.67. The fourth-order valence-corrected chi connectivity index (χ4v) is 2.85. The Morgan fingerprint density at radius 3 is 2.05 bits per heavy atom. The topological polar surface area (TPSA) is 33.7 Å². The third-order valence-electron chi connectivity index (χ3n) is 3.91. The van der Waals surface area contributed by atoms with E-state index in [1.54, 1.807) is 14.2 Å². The zero-order chi connectivity index (χ0) is 14.4. The zero-order valence-electron chi connectivity index (χ0n) is 13.6. The van der Waals surface area contributed by atoms with E-state index in [0.29, 0.717) is 6.04 Å². The van der Waals surface area contributed by atoms with E-state index in [9.17, 15) is 0 Å². The van der Waals surface area contributed by atoms with Crippen LogP contribution in [0.15, 0.2) is 18.2 Å². The minimum Gasteiger partial charge on any atom is -0.497 e. The molecule has 2 rings (SSSR count). The number of halogens is 2. The second kappa shape index (κ2) is 10.9. The predicted octanol–water partition coefficient (Wildman–Crippen LogP) is 3.29. The van der Waals surface area contributed by atoms with Crippen molar-refractivity contribution in [2.45, 2.75) is 25.8 Å². The molecule has 1 N–H and O–H groups in total. The fraction of sp³-hybridized carbons (Fsp3) is 0.625. The van der Waals surface area contributed by atoms with Gasteiger partial charge in [-0.25, -0.2) is 0 Å². The Morgan fingerprint density at radius 1 is 1.05 bits per heavy atom. The first-order valence-corrected chi connectivity index (χ1v) is 7.46. The van der Waals surface area contributed by atoms with Crippen LogP contribution in [0.5, 0.6) is 11.5 Å². The summed E-state index contributed by atoms with van der Waals surface area (Å²) in [4.78, 5) is 2.56. The third kappa shape index (κ3) is 5.51. The van der Waals surface area contributed by atoms with Gasteiger partial charge in [-0.2, -0.15) is 0 Å². The van der Waals surface area contributed by atoms with Gasteiger partial charge in [-0.3, -0.25) is 4.90 Å². The molecule has 1 saturated heterocycles. The van der Waals surface area contributed by atoms with Crippen LogP contribution in [-0.2, 0) is 0 Å². The number of piperazine rings is 1. The van der Waals surface area contributed by atoms with Crippen LogP contribution in [0.3, 0.4) is 0 Å². The van der Waals surface area contributed by atoms with Gasteiger partial charge in [0.2, 0.25) is 0 Å². The lowest BCUT2D eigenvalue weighted by Crippen LogP contribution is -2.45. The minimum absolute atomic E-state index is 0. The highest BCUT2D eigenvalue weighted by Gasteiger charge is 2.22. The van der Waals surface area contributed by atoms with E-state index in [1.807, 2.05) is 6.07 Å². The molecule has 1 heterocycles. The normalized spacial score (nSPS) is 16.1. The number of hydrogen-bond donors (Lipinski definition) is 1. The SMILES string of the molecule is CCC[C@@H](c1cc(OC)cc(OC)c1)N1CCNCC1.Cl.Cl. The largest absolute Gasteiger partial charge is 0.497 e. The van der Waals surface area contributed by atoms with E-state index in [-0.39, 0.29) is 24.8 Å². The summed E-state index contributed by atoms with van der Waals surface area (Å²) in [5, 5.41) is 3.42. The van der Waals surface area contributed by atoms with Crippen LogP contribution in [-0.4, -0.2) is 45.3 Å². The lowest BCUT2D eigenvalue weighted by molar-refractivity contribution is 0.164. The molecule has 0 aliphatic carbocycles. The van der Waals surface area contributed by atoms with Crippen molar-refractivity contribution in [2.24, 2.45) is 0 Å². The van der Waals surface area contributed by atoms with Gasteiger partial charge < -0.3 is 14.8 Å². The molecule has 4 nitrogen and oxygen atoms in total. The molecule has 128 valence electrons. The van der Waals surface area contributed by atoms with Gasteiger partial charge in [0, 0.05) is 38.3 Å². The van der Waals surface area contributed by atoms with Crippen molar-refractivity contribution in [3.8, 4) is 11.5 Å². The predicted molar refractivity (Wildman–Crippen MR) is 96.1 cm³/mol. The van der Waals surface area contributed by atoms with Gasteiger partial charge in [-0.1, -0.05) is 13.3 Å². The number of ether oxygens (including phenoxy) is 2. The van der Waals surface area contributed by atoms with Crippen LogP contribution in [0.2, 0.25) is 0 Å². The molecule has 22 heavy (non-hydrogen) atoms. The van der Waals surface area contributed by atoms with Crippen LogP contribution in [0.25, 0.3) is 0 Å². The molecule has 0 saturated carbocycles. The van der Waals surface area contributed by atoms with Gasteiger partial charge in [-0.05, 0) is 24.1 Å². The summed E-state index contributed by atoms with van der Waals surface area (Å²) in [6.45, 7) is 6.59. The van der Waals surface area contributed by atoms with E-state index in [0.717, 1.165) is 44.1 Å². The molecular formula is C16H28Cl2N2O2. The first-order valence-electron chi connectivity index (χ1n) is 7.46. The van der Waals surface area contributed by atoms with Gasteiger partial charge in [-0.15, -0.1) is 24.8 Å². The number of nitrogens with zero attached hydrogens (tertiary/aromatic N) is 1. The van der Waals surface area contributed by atoms with Crippen molar-refractivity contribution in [3.63, 3.8) is 0 Å². The Morgan fingerprint density at radius 2 is 1.59 bits per heavy atom.